The summed E-state index contributed by atoms with van der Waals surface area (Å²) in [5, 5.41) is 1.68. The summed E-state index contributed by atoms with van der Waals surface area (Å²) < 4.78 is 35.3. The Hall–Kier alpha value is -1.50. The number of rotatable bonds is 2. The summed E-state index contributed by atoms with van der Waals surface area (Å²) in [5.74, 6) is -0.825. The number of aromatic nitrogens is 1. The van der Waals surface area contributed by atoms with E-state index in [4.69, 9.17) is 5.73 Å². The van der Waals surface area contributed by atoms with Crippen LogP contribution in [-0.4, -0.2) is 23.6 Å². The van der Waals surface area contributed by atoms with E-state index in [1.807, 2.05) is 0 Å². The number of nitrogens with zero attached hydrogens (tertiary/aromatic N) is 1. The second-order valence-electron chi connectivity index (χ2n) is 2.75. The molecule has 16 heavy (non-hydrogen) atoms. The summed E-state index contributed by atoms with van der Waals surface area (Å²) >= 11 is 0. The van der Waals surface area contributed by atoms with Crippen molar-refractivity contribution in [1.82, 2.24) is 10.3 Å². The second kappa shape index (κ2) is 5.55. The Morgan fingerprint density at radius 1 is 1.44 bits per heavy atom. The van der Waals surface area contributed by atoms with Gasteiger partial charge in [-0.1, -0.05) is 6.07 Å². The van der Waals surface area contributed by atoms with Crippen molar-refractivity contribution >= 4 is 24.1 Å². The molecule has 0 atom stereocenters. The Bertz CT molecular complexity index is 370. The lowest BCUT2D eigenvalue weighted by Gasteiger charge is -2.07. The zero-order valence-electron chi connectivity index (χ0n) is 7.91. The molecule has 0 radical (unpaired) electrons. The third kappa shape index (κ3) is 4.83. The van der Waals surface area contributed by atoms with E-state index in [1.54, 1.807) is 5.32 Å². The van der Waals surface area contributed by atoms with Crippen LogP contribution in [0.15, 0.2) is 18.2 Å². The van der Waals surface area contributed by atoms with Crippen LogP contribution >= 0.6 is 12.4 Å². The number of carbonyl (C=O) groups is 1. The van der Waals surface area contributed by atoms with E-state index in [2.05, 4.69) is 4.98 Å². The van der Waals surface area contributed by atoms with Crippen molar-refractivity contribution in [3.63, 3.8) is 0 Å². The SMILES string of the molecule is Cl.Nc1cccc(C(=O)NCC(F)(F)F)n1. The van der Waals surface area contributed by atoms with Gasteiger partial charge in [-0.3, -0.25) is 4.79 Å². The van der Waals surface area contributed by atoms with Gasteiger partial charge >= 0.3 is 6.18 Å². The number of pyridine rings is 1. The zero-order chi connectivity index (χ0) is 11.5. The van der Waals surface area contributed by atoms with Crippen LogP contribution < -0.4 is 11.1 Å². The van der Waals surface area contributed by atoms with E-state index in [1.165, 1.54) is 18.2 Å². The van der Waals surface area contributed by atoms with Crippen molar-refractivity contribution in [1.29, 1.82) is 0 Å². The van der Waals surface area contributed by atoms with Gasteiger partial charge in [0, 0.05) is 0 Å². The standard InChI is InChI=1S/C8H8F3N3O.ClH/c9-8(10,11)4-13-7(15)5-2-1-3-6(12)14-5;/h1-3H,4H2,(H2,12,14)(H,13,15);1H. The summed E-state index contributed by atoms with van der Waals surface area (Å²) in [4.78, 5) is 14.7. The van der Waals surface area contributed by atoms with Crippen LogP contribution in [0.1, 0.15) is 10.5 Å². The average Bonchev–Trinajstić information content (AvgIpc) is 2.13. The summed E-state index contributed by atoms with van der Waals surface area (Å²) in [5.41, 5.74) is 5.13. The first-order valence-corrected chi connectivity index (χ1v) is 3.96. The third-order valence-electron chi connectivity index (χ3n) is 1.45. The van der Waals surface area contributed by atoms with E-state index in [0.717, 1.165) is 0 Å². The molecule has 0 spiro atoms. The highest BCUT2D eigenvalue weighted by atomic mass is 35.5. The lowest BCUT2D eigenvalue weighted by Crippen LogP contribution is -2.34. The number of anilines is 1. The maximum absolute atomic E-state index is 11.8. The highest BCUT2D eigenvalue weighted by molar-refractivity contribution is 5.92. The predicted molar refractivity (Wildman–Crippen MR) is 54.3 cm³/mol. The van der Waals surface area contributed by atoms with Gasteiger partial charge < -0.3 is 11.1 Å². The molecule has 0 fully saturated rings. The molecule has 0 saturated carbocycles. The first-order chi connectivity index (χ1) is 6.88. The van der Waals surface area contributed by atoms with E-state index in [0.29, 0.717) is 0 Å². The molecule has 90 valence electrons. The fraction of sp³-hybridized carbons (Fsp3) is 0.250. The molecule has 4 nitrogen and oxygen atoms in total. The van der Waals surface area contributed by atoms with Crippen molar-refractivity contribution in [2.45, 2.75) is 6.18 Å². The highest BCUT2D eigenvalue weighted by Gasteiger charge is 2.28. The minimum atomic E-state index is -4.43. The molecule has 1 aromatic rings. The van der Waals surface area contributed by atoms with Gasteiger partial charge in [0.25, 0.3) is 5.91 Å². The van der Waals surface area contributed by atoms with Gasteiger partial charge in [-0.2, -0.15) is 13.2 Å². The Kier molecular flexibility index (Phi) is 5.03. The molecule has 3 N–H and O–H groups in total. The number of nitrogens with one attached hydrogen (secondary N) is 1. The summed E-state index contributed by atoms with van der Waals surface area (Å²) in [6.07, 6.45) is -4.43. The van der Waals surface area contributed by atoms with Crippen LogP contribution in [0.25, 0.3) is 0 Å². The van der Waals surface area contributed by atoms with Crippen molar-refractivity contribution in [2.75, 3.05) is 12.3 Å². The number of nitrogens with two attached hydrogens (primary N) is 1. The van der Waals surface area contributed by atoms with Crippen LogP contribution in [0.2, 0.25) is 0 Å². The second-order valence-corrected chi connectivity index (χ2v) is 2.75. The van der Waals surface area contributed by atoms with E-state index in [9.17, 15) is 18.0 Å². The van der Waals surface area contributed by atoms with Crippen molar-refractivity contribution in [3.8, 4) is 0 Å². The molecule has 0 aliphatic heterocycles. The number of carbonyl (C=O) groups excluding carboxylic acids is 1. The fourth-order valence-electron chi connectivity index (χ4n) is 0.849. The molecule has 0 aromatic carbocycles. The Labute approximate surface area is 95.4 Å². The predicted octanol–water partition coefficient (Wildman–Crippen LogP) is 1.38. The Balaban J connectivity index is 0.00000225. The molecule has 1 aromatic heterocycles. The Morgan fingerprint density at radius 2 is 2.06 bits per heavy atom. The maximum Gasteiger partial charge on any atom is 0.405 e. The molecule has 0 aliphatic carbocycles. The van der Waals surface area contributed by atoms with Crippen molar-refractivity contribution in [3.05, 3.63) is 23.9 Å². The number of halogens is 4. The number of hydrogen-bond donors (Lipinski definition) is 2. The van der Waals surface area contributed by atoms with E-state index >= 15 is 0 Å². The van der Waals surface area contributed by atoms with E-state index in [-0.39, 0.29) is 23.9 Å². The van der Waals surface area contributed by atoms with Gasteiger partial charge in [0.05, 0.1) is 0 Å². The average molecular weight is 256 g/mol. The molecule has 0 saturated heterocycles. The van der Waals surface area contributed by atoms with Gasteiger partial charge in [0.1, 0.15) is 18.1 Å². The molecule has 0 aliphatic rings. The van der Waals surface area contributed by atoms with Crippen LogP contribution in [0.3, 0.4) is 0 Å². The first kappa shape index (κ1) is 14.5. The van der Waals surface area contributed by atoms with Gasteiger partial charge in [0.2, 0.25) is 0 Å². The van der Waals surface area contributed by atoms with Crippen molar-refractivity contribution < 1.29 is 18.0 Å². The van der Waals surface area contributed by atoms with Crippen LogP contribution in [-0.2, 0) is 0 Å². The number of amides is 1. The number of nitrogen functional groups attached to an aromatic ring is 1. The molecule has 1 amide bonds. The molecule has 1 heterocycles. The minimum absolute atomic E-state index is 0. The van der Waals surface area contributed by atoms with Crippen LogP contribution in [0.4, 0.5) is 19.0 Å². The zero-order valence-corrected chi connectivity index (χ0v) is 8.73. The summed E-state index contributed by atoms with van der Waals surface area (Å²) in [6, 6.07) is 4.15. The normalized spacial score (nSPS) is 10.4. The summed E-state index contributed by atoms with van der Waals surface area (Å²) in [6.45, 7) is -1.39. The van der Waals surface area contributed by atoms with Gasteiger partial charge in [-0.25, -0.2) is 4.98 Å². The van der Waals surface area contributed by atoms with Crippen LogP contribution in [0.5, 0.6) is 0 Å². The topological polar surface area (TPSA) is 68.0 Å². The lowest BCUT2D eigenvalue weighted by molar-refractivity contribution is -0.123. The van der Waals surface area contributed by atoms with E-state index < -0.39 is 18.6 Å². The first-order valence-electron chi connectivity index (χ1n) is 3.96. The molecule has 8 heteroatoms. The molecule has 1 rings (SSSR count). The monoisotopic (exact) mass is 255 g/mol. The largest absolute Gasteiger partial charge is 0.405 e. The Morgan fingerprint density at radius 3 is 2.56 bits per heavy atom. The smallest absolute Gasteiger partial charge is 0.384 e. The molecular formula is C8H9ClF3N3O. The molecule has 0 unspecified atom stereocenters. The summed E-state index contributed by atoms with van der Waals surface area (Å²) in [7, 11) is 0. The maximum atomic E-state index is 11.8. The van der Waals surface area contributed by atoms with Gasteiger partial charge in [-0.15, -0.1) is 12.4 Å². The number of hydrogen-bond acceptors (Lipinski definition) is 3. The highest BCUT2D eigenvalue weighted by Crippen LogP contribution is 2.12. The van der Waals surface area contributed by atoms with Gasteiger partial charge in [0.15, 0.2) is 0 Å². The fourth-order valence-corrected chi connectivity index (χ4v) is 0.849. The third-order valence-corrected chi connectivity index (χ3v) is 1.45. The number of alkyl halides is 3. The van der Waals surface area contributed by atoms with Crippen molar-refractivity contribution in [2.24, 2.45) is 0 Å². The molecular weight excluding hydrogens is 247 g/mol. The van der Waals surface area contributed by atoms with Crippen LogP contribution in [0, 0.1) is 0 Å². The van der Waals surface area contributed by atoms with Gasteiger partial charge in [-0.05, 0) is 12.1 Å². The molecule has 0 bridgehead atoms. The lowest BCUT2D eigenvalue weighted by atomic mass is 10.3. The minimum Gasteiger partial charge on any atom is -0.384 e. The quantitative estimate of drug-likeness (QED) is 0.839.